The zero-order chi connectivity index (χ0) is 20.5. The van der Waals surface area contributed by atoms with Gasteiger partial charge in [0, 0.05) is 35.9 Å². The predicted octanol–water partition coefficient (Wildman–Crippen LogP) is 4.63. The molecule has 152 valence electrons. The summed E-state index contributed by atoms with van der Waals surface area (Å²) in [5, 5.41) is 3.90. The van der Waals surface area contributed by atoms with Gasteiger partial charge in [0.15, 0.2) is 0 Å². The number of ether oxygens (including phenoxy) is 1. The van der Waals surface area contributed by atoms with E-state index in [1.807, 2.05) is 12.1 Å². The van der Waals surface area contributed by atoms with Crippen molar-refractivity contribution >= 4 is 44.7 Å². The molecule has 8 heteroatoms. The summed E-state index contributed by atoms with van der Waals surface area (Å²) >= 11 is 7.50. The molecule has 0 saturated carbocycles. The Balaban J connectivity index is 1.41. The van der Waals surface area contributed by atoms with Crippen LogP contribution in [0.2, 0.25) is 5.02 Å². The molecule has 0 bridgehead atoms. The van der Waals surface area contributed by atoms with Crippen LogP contribution in [-0.2, 0) is 11.3 Å². The number of halogens is 2. The highest BCUT2D eigenvalue weighted by atomic mass is 35.5. The van der Waals surface area contributed by atoms with Gasteiger partial charge >= 0.3 is 0 Å². The lowest BCUT2D eigenvalue weighted by molar-refractivity contribution is -0.00546. The summed E-state index contributed by atoms with van der Waals surface area (Å²) in [5.41, 5.74) is 0.889. The average molecular weight is 434 g/mol. The second-order valence-electron chi connectivity index (χ2n) is 7.26. The van der Waals surface area contributed by atoms with Gasteiger partial charge in [0.25, 0.3) is 5.91 Å². The number of fused-ring (bicyclic) bond motifs is 1. The first-order valence-corrected chi connectivity index (χ1v) is 10.6. The number of benzene rings is 1. The molecule has 0 spiro atoms. The van der Waals surface area contributed by atoms with Gasteiger partial charge in [-0.3, -0.25) is 4.79 Å². The topological polar surface area (TPSA) is 54.5 Å². The van der Waals surface area contributed by atoms with Crippen molar-refractivity contribution in [2.75, 3.05) is 18.0 Å². The van der Waals surface area contributed by atoms with Gasteiger partial charge in [0.1, 0.15) is 16.5 Å². The van der Waals surface area contributed by atoms with E-state index in [-0.39, 0.29) is 23.9 Å². The lowest BCUT2D eigenvalue weighted by atomic mass is 10.2. The molecule has 1 aromatic carbocycles. The van der Waals surface area contributed by atoms with E-state index in [0.717, 1.165) is 24.5 Å². The first kappa shape index (κ1) is 20.1. The Labute approximate surface area is 177 Å². The standard InChI is InChI=1S/C21H21ClFN3O2S/c1-12-10-26(11-13(2)28-12)18-6-3-14(8-24-18)9-25-21(27)20-19(22)16-5-4-15(23)7-17(16)29-20/h3-8,12-13H,9-11H2,1-2H3,(H,25,27). The van der Waals surface area contributed by atoms with E-state index in [9.17, 15) is 9.18 Å². The number of carbonyl (C=O) groups excluding carboxylic acids is 1. The highest BCUT2D eigenvalue weighted by Crippen LogP contribution is 2.35. The van der Waals surface area contributed by atoms with E-state index >= 15 is 0 Å². The molecule has 1 fully saturated rings. The lowest BCUT2D eigenvalue weighted by Gasteiger charge is -2.36. The van der Waals surface area contributed by atoms with Crippen LogP contribution in [0.5, 0.6) is 0 Å². The largest absolute Gasteiger partial charge is 0.372 e. The maximum atomic E-state index is 13.4. The first-order valence-electron chi connectivity index (χ1n) is 9.42. The highest BCUT2D eigenvalue weighted by Gasteiger charge is 2.23. The molecular formula is C21H21ClFN3O2S. The van der Waals surface area contributed by atoms with Crippen molar-refractivity contribution in [1.29, 1.82) is 0 Å². The van der Waals surface area contributed by atoms with Crippen LogP contribution >= 0.6 is 22.9 Å². The number of hydrogen-bond acceptors (Lipinski definition) is 5. The molecule has 2 atom stereocenters. The van der Waals surface area contributed by atoms with Crippen LogP contribution in [0.3, 0.4) is 0 Å². The van der Waals surface area contributed by atoms with Crippen molar-refractivity contribution in [3.8, 4) is 0 Å². The Morgan fingerprint density at radius 2 is 2.07 bits per heavy atom. The third-order valence-electron chi connectivity index (χ3n) is 4.80. The van der Waals surface area contributed by atoms with E-state index in [1.54, 1.807) is 12.3 Å². The molecule has 1 aliphatic heterocycles. The molecule has 3 heterocycles. The molecule has 4 rings (SSSR count). The number of hydrogen-bond donors (Lipinski definition) is 1. The number of carbonyl (C=O) groups is 1. The maximum absolute atomic E-state index is 13.4. The number of thiophene rings is 1. The summed E-state index contributed by atoms with van der Waals surface area (Å²) in [6.07, 6.45) is 2.10. The lowest BCUT2D eigenvalue weighted by Crippen LogP contribution is -2.45. The zero-order valence-electron chi connectivity index (χ0n) is 16.1. The monoisotopic (exact) mass is 433 g/mol. The van der Waals surface area contributed by atoms with Crippen molar-refractivity contribution in [1.82, 2.24) is 10.3 Å². The highest BCUT2D eigenvalue weighted by molar-refractivity contribution is 7.21. The Morgan fingerprint density at radius 1 is 1.31 bits per heavy atom. The molecule has 1 N–H and O–H groups in total. The molecule has 3 aromatic rings. The molecule has 5 nitrogen and oxygen atoms in total. The number of pyridine rings is 1. The minimum Gasteiger partial charge on any atom is -0.372 e. The van der Waals surface area contributed by atoms with Gasteiger partial charge in [-0.05, 0) is 43.7 Å². The van der Waals surface area contributed by atoms with Crippen molar-refractivity contribution in [3.63, 3.8) is 0 Å². The van der Waals surface area contributed by atoms with Crippen molar-refractivity contribution in [2.45, 2.75) is 32.6 Å². The van der Waals surface area contributed by atoms with Crippen LogP contribution in [0, 0.1) is 5.82 Å². The van der Waals surface area contributed by atoms with E-state index < -0.39 is 0 Å². The second kappa shape index (κ2) is 8.26. The minimum absolute atomic E-state index is 0.166. The van der Waals surface area contributed by atoms with Gasteiger partial charge in [0.05, 0.1) is 17.2 Å². The molecule has 1 aliphatic rings. The van der Waals surface area contributed by atoms with Gasteiger partial charge in [-0.2, -0.15) is 0 Å². The number of amides is 1. The Kier molecular flexibility index (Phi) is 5.72. The molecule has 2 unspecified atom stereocenters. The van der Waals surface area contributed by atoms with Gasteiger partial charge < -0.3 is 15.0 Å². The third kappa shape index (κ3) is 4.37. The molecule has 1 saturated heterocycles. The number of nitrogens with one attached hydrogen (secondary N) is 1. The number of anilines is 1. The van der Waals surface area contributed by atoms with E-state index in [2.05, 4.69) is 29.0 Å². The number of nitrogens with zero attached hydrogens (tertiary/aromatic N) is 2. The van der Waals surface area contributed by atoms with E-state index in [4.69, 9.17) is 16.3 Å². The summed E-state index contributed by atoms with van der Waals surface area (Å²) in [6, 6.07) is 8.23. The van der Waals surface area contributed by atoms with Gasteiger partial charge in [-0.1, -0.05) is 17.7 Å². The fourth-order valence-corrected chi connectivity index (χ4v) is 4.98. The summed E-state index contributed by atoms with van der Waals surface area (Å²) in [7, 11) is 0. The summed E-state index contributed by atoms with van der Waals surface area (Å²) in [4.78, 5) is 19.7. The first-order chi connectivity index (χ1) is 13.9. The normalized spacial score (nSPS) is 19.5. The molecule has 1 amide bonds. The molecule has 0 radical (unpaired) electrons. The van der Waals surface area contributed by atoms with Crippen molar-refractivity contribution < 1.29 is 13.9 Å². The Hall–Kier alpha value is -2.22. The number of rotatable bonds is 4. The van der Waals surface area contributed by atoms with Crippen LogP contribution in [-0.4, -0.2) is 36.2 Å². The molecule has 0 aliphatic carbocycles. The maximum Gasteiger partial charge on any atom is 0.263 e. The predicted molar refractivity (Wildman–Crippen MR) is 114 cm³/mol. The zero-order valence-corrected chi connectivity index (χ0v) is 17.7. The molecule has 2 aromatic heterocycles. The van der Waals surface area contributed by atoms with Crippen LogP contribution in [0.25, 0.3) is 10.1 Å². The van der Waals surface area contributed by atoms with Crippen LogP contribution in [0.1, 0.15) is 29.1 Å². The number of morpholine rings is 1. The number of aromatic nitrogens is 1. The van der Waals surface area contributed by atoms with Crippen molar-refractivity contribution in [2.24, 2.45) is 0 Å². The molecular weight excluding hydrogens is 413 g/mol. The van der Waals surface area contributed by atoms with Crippen LogP contribution in [0.4, 0.5) is 10.2 Å². The SMILES string of the molecule is CC1CN(c2ccc(CNC(=O)c3sc4cc(F)ccc4c3Cl)cn2)CC(C)O1. The minimum atomic E-state index is -0.349. The smallest absolute Gasteiger partial charge is 0.263 e. The quantitative estimate of drug-likeness (QED) is 0.651. The summed E-state index contributed by atoms with van der Waals surface area (Å²) in [5.74, 6) is 0.269. The third-order valence-corrected chi connectivity index (χ3v) is 6.46. The van der Waals surface area contributed by atoms with Crippen molar-refractivity contribution in [3.05, 3.63) is 57.8 Å². The van der Waals surface area contributed by atoms with Gasteiger partial charge in [0.2, 0.25) is 0 Å². The average Bonchev–Trinajstić information content (AvgIpc) is 3.01. The van der Waals surface area contributed by atoms with Crippen LogP contribution < -0.4 is 10.2 Å². The van der Waals surface area contributed by atoms with E-state index in [0.29, 0.717) is 26.5 Å². The summed E-state index contributed by atoms with van der Waals surface area (Å²) < 4.78 is 19.8. The fourth-order valence-electron chi connectivity index (χ4n) is 3.52. The van der Waals surface area contributed by atoms with E-state index in [1.165, 1.54) is 23.5 Å². The molecule has 29 heavy (non-hydrogen) atoms. The van der Waals surface area contributed by atoms with Gasteiger partial charge in [-0.25, -0.2) is 9.37 Å². The Bertz CT molecular complexity index is 1030. The summed E-state index contributed by atoms with van der Waals surface area (Å²) in [6.45, 7) is 6.05. The van der Waals surface area contributed by atoms with Gasteiger partial charge in [-0.15, -0.1) is 11.3 Å². The van der Waals surface area contributed by atoms with Crippen LogP contribution in [0.15, 0.2) is 36.5 Å². The fraction of sp³-hybridized carbons (Fsp3) is 0.333. The Morgan fingerprint density at radius 3 is 2.76 bits per heavy atom. The second-order valence-corrected chi connectivity index (χ2v) is 8.69.